The number of hydrogen-bond acceptors (Lipinski definition) is 4. The number of hydrogen-bond donors (Lipinski definition) is 0. The first-order valence-electron chi connectivity index (χ1n) is 10.4. The van der Waals surface area contributed by atoms with Gasteiger partial charge in [-0.1, -0.05) is 12.1 Å². The zero-order valence-corrected chi connectivity index (χ0v) is 17.2. The number of likely N-dealkylation sites (tertiary alicyclic amines) is 1. The highest BCUT2D eigenvalue weighted by Crippen LogP contribution is 2.34. The van der Waals surface area contributed by atoms with E-state index in [1.165, 1.54) is 12.1 Å². The van der Waals surface area contributed by atoms with Crippen molar-refractivity contribution in [3.05, 3.63) is 53.6 Å². The Bertz CT molecular complexity index is 929. The van der Waals surface area contributed by atoms with Crippen LogP contribution in [0.25, 0.3) is 0 Å². The smallest absolute Gasteiger partial charge is 0.486 e. The zero-order chi connectivity index (χ0) is 22.0. The minimum absolute atomic E-state index is 0.0408. The van der Waals surface area contributed by atoms with Crippen molar-refractivity contribution >= 4 is 5.91 Å². The van der Waals surface area contributed by atoms with Crippen molar-refractivity contribution in [2.75, 3.05) is 13.2 Å². The van der Waals surface area contributed by atoms with Gasteiger partial charge in [-0.05, 0) is 68.5 Å². The van der Waals surface area contributed by atoms with E-state index in [1.807, 2.05) is 11.8 Å². The van der Waals surface area contributed by atoms with Crippen molar-refractivity contribution in [3.8, 4) is 17.2 Å². The van der Waals surface area contributed by atoms with Crippen LogP contribution >= 0.6 is 0 Å². The molecule has 2 atom stereocenters. The Balaban J connectivity index is 1.41. The topological polar surface area (TPSA) is 48.0 Å². The number of rotatable bonds is 5. The van der Waals surface area contributed by atoms with E-state index in [-0.39, 0.29) is 23.7 Å². The molecule has 31 heavy (non-hydrogen) atoms. The van der Waals surface area contributed by atoms with Crippen molar-refractivity contribution in [2.45, 2.75) is 51.1 Å². The lowest BCUT2D eigenvalue weighted by atomic mass is 10.0. The van der Waals surface area contributed by atoms with Gasteiger partial charge in [0.1, 0.15) is 19.0 Å². The van der Waals surface area contributed by atoms with Gasteiger partial charge in [-0.15, -0.1) is 13.2 Å². The highest BCUT2D eigenvalue weighted by atomic mass is 19.4. The van der Waals surface area contributed by atoms with E-state index in [0.29, 0.717) is 36.7 Å². The average molecular weight is 435 g/mol. The summed E-state index contributed by atoms with van der Waals surface area (Å²) in [5, 5.41) is 0. The van der Waals surface area contributed by atoms with Crippen LogP contribution in [0.5, 0.6) is 17.2 Å². The number of aryl methyl sites for hydroxylation is 1. The lowest BCUT2D eigenvalue weighted by Gasteiger charge is -2.29. The largest absolute Gasteiger partial charge is 0.573 e. The van der Waals surface area contributed by atoms with Crippen LogP contribution in [0.15, 0.2) is 42.5 Å². The maximum Gasteiger partial charge on any atom is 0.573 e. The van der Waals surface area contributed by atoms with Crippen LogP contribution in [0, 0.1) is 0 Å². The lowest BCUT2D eigenvalue weighted by molar-refractivity contribution is -0.274. The molecule has 2 aromatic rings. The van der Waals surface area contributed by atoms with E-state index in [1.54, 1.807) is 30.3 Å². The molecule has 0 aliphatic carbocycles. The summed E-state index contributed by atoms with van der Waals surface area (Å²) in [6, 6.07) is 11.3. The predicted molar refractivity (Wildman–Crippen MR) is 108 cm³/mol. The van der Waals surface area contributed by atoms with Gasteiger partial charge in [0.05, 0.1) is 0 Å². The van der Waals surface area contributed by atoms with Crippen molar-refractivity contribution < 1.29 is 32.2 Å². The second-order valence-corrected chi connectivity index (χ2v) is 7.88. The Kier molecular flexibility index (Phi) is 5.98. The molecule has 1 saturated heterocycles. The molecule has 0 unspecified atom stereocenters. The number of halogens is 3. The van der Waals surface area contributed by atoms with Gasteiger partial charge in [-0.3, -0.25) is 4.79 Å². The van der Waals surface area contributed by atoms with Crippen LogP contribution in [0.2, 0.25) is 0 Å². The van der Waals surface area contributed by atoms with Crippen molar-refractivity contribution in [2.24, 2.45) is 0 Å². The summed E-state index contributed by atoms with van der Waals surface area (Å²) in [5.41, 5.74) is 1.47. The minimum atomic E-state index is -4.70. The van der Waals surface area contributed by atoms with Crippen molar-refractivity contribution in [1.82, 2.24) is 4.90 Å². The van der Waals surface area contributed by atoms with Crippen LogP contribution in [0.3, 0.4) is 0 Å². The van der Waals surface area contributed by atoms with Gasteiger partial charge in [-0.25, -0.2) is 0 Å². The Morgan fingerprint density at radius 2 is 1.77 bits per heavy atom. The summed E-state index contributed by atoms with van der Waals surface area (Å²) in [7, 11) is 0. The van der Waals surface area contributed by atoms with Crippen LogP contribution in [0.4, 0.5) is 13.2 Å². The Morgan fingerprint density at radius 1 is 1.06 bits per heavy atom. The zero-order valence-electron chi connectivity index (χ0n) is 17.2. The number of nitrogens with zero attached hydrogens (tertiary/aromatic N) is 1. The molecular weight excluding hydrogens is 411 g/mol. The second kappa shape index (κ2) is 8.69. The number of fused-ring (bicyclic) bond motifs is 1. The van der Waals surface area contributed by atoms with E-state index >= 15 is 0 Å². The first kappa shape index (κ1) is 21.3. The van der Waals surface area contributed by atoms with Crippen LogP contribution in [0.1, 0.15) is 42.1 Å². The molecule has 2 aliphatic rings. The molecular formula is C23H24F3NO4. The van der Waals surface area contributed by atoms with Crippen molar-refractivity contribution in [1.29, 1.82) is 0 Å². The summed E-state index contributed by atoms with van der Waals surface area (Å²) in [5.74, 6) is 0.954. The molecule has 4 rings (SSSR count). The quantitative estimate of drug-likeness (QED) is 0.665. The lowest BCUT2D eigenvalue weighted by Crippen LogP contribution is -2.40. The molecule has 8 heteroatoms. The van der Waals surface area contributed by atoms with E-state index in [2.05, 4.69) is 4.74 Å². The van der Waals surface area contributed by atoms with E-state index in [4.69, 9.17) is 9.47 Å². The van der Waals surface area contributed by atoms with Gasteiger partial charge < -0.3 is 19.1 Å². The maximum atomic E-state index is 13.2. The number of amides is 1. The summed E-state index contributed by atoms with van der Waals surface area (Å²) < 4.78 is 52.0. The van der Waals surface area contributed by atoms with Gasteiger partial charge in [0.2, 0.25) is 0 Å². The molecule has 0 aromatic heterocycles. The SMILES string of the molecule is C[C@@H]1CC[C@H](CCc2ccc(OC(F)(F)F)cc2)N1C(=O)c1ccc2c(c1)OCCO2. The molecule has 2 heterocycles. The third-order valence-corrected chi connectivity index (χ3v) is 5.73. The van der Waals surface area contributed by atoms with Gasteiger partial charge >= 0.3 is 6.36 Å². The summed E-state index contributed by atoms with van der Waals surface area (Å²) in [4.78, 5) is 15.2. The summed E-state index contributed by atoms with van der Waals surface area (Å²) in [6.45, 7) is 2.99. The van der Waals surface area contributed by atoms with Crippen LogP contribution in [-0.4, -0.2) is 42.5 Å². The molecule has 5 nitrogen and oxygen atoms in total. The Morgan fingerprint density at radius 3 is 2.48 bits per heavy atom. The minimum Gasteiger partial charge on any atom is -0.486 e. The third-order valence-electron chi connectivity index (χ3n) is 5.73. The summed E-state index contributed by atoms with van der Waals surface area (Å²) >= 11 is 0. The van der Waals surface area contributed by atoms with Crippen LogP contribution in [-0.2, 0) is 6.42 Å². The van der Waals surface area contributed by atoms with E-state index in [0.717, 1.165) is 24.8 Å². The third kappa shape index (κ3) is 5.06. The molecule has 1 amide bonds. The van der Waals surface area contributed by atoms with Gasteiger partial charge in [-0.2, -0.15) is 0 Å². The molecule has 2 aromatic carbocycles. The molecule has 1 fully saturated rings. The van der Waals surface area contributed by atoms with Crippen molar-refractivity contribution in [3.63, 3.8) is 0 Å². The Labute approximate surface area is 178 Å². The number of carbonyl (C=O) groups excluding carboxylic acids is 1. The fourth-order valence-corrected chi connectivity index (χ4v) is 4.24. The van der Waals surface area contributed by atoms with Gasteiger partial charge in [0, 0.05) is 17.6 Å². The first-order chi connectivity index (χ1) is 14.8. The molecule has 0 radical (unpaired) electrons. The summed E-state index contributed by atoms with van der Waals surface area (Å²) in [6.07, 6.45) is -1.49. The molecule has 0 saturated carbocycles. The standard InChI is InChI=1S/C23H24F3NO4/c1-15-2-7-18(8-3-16-4-9-19(10-5-16)31-23(24,25)26)27(15)22(28)17-6-11-20-21(14-17)30-13-12-29-20/h4-6,9-11,14-15,18H,2-3,7-8,12-13H2,1H3/t15-,18-/m1/s1. The first-order valence-corrected chi connectivity index (χ1v) is 10.4. The Hall–Kier alpha value is -2.90. The van der Waals surface area contributed by atoms with E-state index < -0.39 is 6.36 Å². The molecule has 0 spiro atoms. The molecule has 166 valence electrons. The molecule has 2 aliphatic heterocycles. The number of benzene rings is 2. The predicted octanol–water partition coefficient (Wildman–Crippen LogP) is 4.98. The average Bonchev–Trinajstić information content (AvgIpc) is 3.11. The highest BCUT2D eigenvalue weighted by molar-refractivity contribution is 5.95. The molecule has 0 bridgehead atoms. The number of alkyl halides is 3. The fraction of sp³-hybridized carbons (Fsp3) is 0.435. The highest BCUT2D eigenvalue weighted by Gasteiger charge is 2.35. The van der Waals surface area contributed by atoms with E-state index in [9.17, 15) is 18.0 Å². The molecule has 0 N–H and O–H groups in total. The van der Waals surface area contributed by atoms with Crippen LogP contribution < -0.4 is 14.2 Å². The number of carbonyl (C=O) groups is 1. The fourth-order valence-electron chi connectivity index (χ4n) is 4.24. The number of ether oxygens (including phenoxy) is 3. The monoisotopic (exact) mass is 435 g/mol. The normalized spacial score (nSPS) is 20.6. The van der Waals surface area contributed by atoms with Gasteiger partial charge in [0.15, 0.2) is 11.5 Å². The maximum absolute atomic E-state index is 13.2. The second-order valence-electron chi connectivity index (χ2n) is 7.88. The van der Waals surface area contributed by atoms with Gasteiger partial charge in [0.25, 0.3) is 5.91 Å².